The van der Waals surface area contributed by atoms with Crippen LogP contribution in [-0.4, -0.2) is 22.6 Å². The minimum absolute atomic E-state index is 0.0532. The van der Waals surface area contributed by atoms with Gasteiger partial charge in [-0.3, -0.25) is 0 Å². The third-order valence-electron chi connectivity index (χ3n) is 3.48. The average molecular weight is 378 g/mol. The third kappa shape index (κ3) is 3.95. The Morgan fingerprint density at radius 2 is 1.80 bits per heavy atom. The molecule has 0 bridgehead atoms. The number of hydrogen-bond acceptors (Lipinski definition) is 5. The summed E-state index contributed by atoms with van der Waals surface area (Å²) in [5.74, 6) is 0.674. The molecular weight excluding hydrogens is 362 g/mol. The van der Waals surface area contributed by atoms with Crippen LogP contribution in [0.4, 0.5) is 0 Å². The van der Waals surface area contributed by atoms with Crippen LogP contribution in [0.15, 0.2) is 46.2 Å². The zero-order valence-corrected chi connectivity index (χ0v) is 15.5. The Morgan fingerprint density at radius 3 is 2.32 bits per heavy atom. The number of sulfone groups is 1. The predicted molar refractivity (Wildman–Crippen MR) is 96.5 cm³/mol. The van der Waals surface area contributed by atoms with E-state index < -0.39 is 9.84 Å². The molecule has 0 saturated heterocycles. The number of nitriles is 1. The zero-order valence-electron chi connectivity index (χ0n) is 13.9. The molecule has 0 N–H and O–H groups in total. The van der Waals surface area contributed by atoms with Crippen LogP contribution in [0.3, 0.4) is 0 Å². The highest BCUT2D eigenvalue weighted by Crippen LogP contribution is 2.37. The summed E-state index contributed by atoms with van der Waals surface area (Å²) < 4.78 is 35.6. The van der Waals surface area contributed by atoms with E-state index in [1.807, 2.05) is 6.92 Å². The van der Waals surface area contributed by atoms with Gasteiger partial charge in [0.05, 0.1) is 24.1 Å². The van der Waals surface area contributed by atoms with Crippen LogP contribution in [0.2, 0.25) is 5.02 Å². The molecule has 2 rings (SSSR count). The van der Waals surface area contributed by atoms with E-state index in [0.717, 1.165) is 5.56 Å². The first-order valence-electron chi connectivity index (χ1n) is 7.18. The Labute approximate surface area is 152 Å². The Balaban J connectivity index is 2.56. The van der Waals surface area contributed by atoms with Crippen LogP contribution >= 0.6 is 11.6 Å². The Bertz CT molecular complexity index is 958. The molecule has 0 saturated carbocycles. The van der Waals surface area contributed by atoms with Crippen LogP contribution in [-0.2, 0) is 9.84 Å². The highest BCUT2D eigenvalue weighted by molar-refractivity contribution is 7.95. The Kier molecular flexibility index (Phi) is 5.73. The van der Waals surface area contributed by atoms with Gasteiger partial charge in [-0.05, 0) is 42.8 Å². The van der Waals surface area contributed by atoms with Gasteiger partial charge in [-0.1, -0.05) is 29.3 Å². The smallest absolute Gasteiger partial charge is 0.216 e. The van der Waals surface area contributed by atoms with Gasteiger partial charge in [0.2, 0.25) is 9.84 Å². The molecule has 0 atom stereocenters. The maximum atomic E-state index is 12.7. The molecule has 0 amide bonds. The number of aryl methyl sites for hydroxylation is 1. The lowest BCUT2D eigenvalue weighted by atomic mass is 10.2. The molecule has 2 aromatic rings. The largest absolute Gasteiger partial charge is 0.493 e. The Morgan fingerprint density at radius 1 is 1.16 bits per heavy atom. The van der Waals surface area contributed by atoms with Gasteiger partial charge in [-0.25, -0.2) is 8.42 Å². The lowest BCUT2D eigenvalue weighted by Crippen LogP contribution is -2.03. The van der Waals surface area contributed by atoms with Crippen molar-refractivity contribution in [3.05, 3.63) is 57.5 Å². The van der Waals surface area contributed by atoms with Gasteiger partial charge in [-0.15, -0.1) is 0 Å². The molecule has 0 fully saturated rings. The highest BCUT2D eigenvalue weighted by atomic mass is 35.5. The van der Waals surface area contributed by atoms with Crippen molar-refractivity contribution in [3.8, 4) is 17.6 Å². The number of rotatable bonds is 5. The zero-order chi connectivity index (χ0) is 18.6. The number of halogens is 1. The van der Waals surface area contributed by atoms with E-state index in [2.05, 4.69) is 0 Å². The standard InChI is InChI=1S/C18H16ClNO4S/c1-12-4-6-14(7-5-12)25(21,22)15(11-20)8-13-9-16(19)18(24-3)17(10-13)23-2/h4-10H,1-3H3. The van der Waals surface area contributed by atoms with Gasteiger partial charge in [0, 0.05) is 0 Å². The van der Waals surface area contributed by atoms with Crippen molar-refractivity contribution in [1.82, 2.24) is 0 Å². The van der Waals surface area contributed by atoms with Crippen molar-refractivity contribution >= 4 is 27.5 Å². The van der Waals surface area contributed by atoms with Crippen LogP contribution in [0.1, 0.15) is 11.1 Å². The summed E-state index contributed by atoms with van der Waals surface area (Å²) in [6.07, 6.45) is 1.25. The quantitative estimate of drug-likeness (QED) is 0.736. The van der Waals surface area contributed by atoms with E-state index in [9.17, 15) is 13.7 Å². The molecule has 0 heterocycles. The molecule has 0 aromatic heterocycles. The van der Waals surface area contributed by atoms with Gasteiger partial charge < -0.3 is 9.47 Å². The summed E-state index contributed by atoms with van der Waals surface area (Å²) in [7, 11) is -1.04. The van der Waals surface area contributed by atoms with Crippen molar-refractivity contribution in [1.29, 1.82) is 5.26 Å². The van der Waals surface area contributed by atoms with Crippen LogP contribution in [0.25, 0.3) is 6.08 Å². The van der Waals surface area contributed by atoms with Crippen molar-refractivity contribution in [3.63, 3.8) is 0 Å². The maximum Gasteiger partial charge on any atom is 0.216 e. The molecule has 5 nitrogen and oxygen atoms in total. The first-order chi connectivity index (χ1) is 11.8. The van der Waals surface area contributed by atoms with Gasteiger partial charge >= 0.3 is 0 Å². The van der Waals surface area contributed by atoms with E-state index in [1.54, 1.807) is 24.3 Å². The molecule has 0 aliphatic carbocycles. The lowest BCUT2D eigenvalue weighted by Gasteiger charge is -2.10. The fraction of sp³-hybridized carbons (Fsp3) is 0.167. The summed E-state index contributed by atoms with van der Waals surface area (Å²) in [6, 6.07) is 11.1. The van der Waals surface area contributed by atoms with E-state index in [0.29, 0.717) is 17.1 Å². The number of allylic oxidation sites excluding steroid dienone is 1. The first kappa shape index (κ1) is 18.8. The first-order valence-corrected chi connectivity index (χ1v) is 9.04. The Hall–Kier alpha value is -2.49. The number of nitrogens with zero attached hydrogens (tertiary/aromatic N) is 1. The molecule has 7 heteroatoms. The van der Waals surface area contributed by atoms with Gasteiger partial charge in [0.15, 0.2) is 11.5 Å². The second-order valence-corrected chi connectivity index (χ2v) is 7.50. The maximum absolute atomic E-state index is 12.7. The van der Waals surface area contributed by atoms with E-state index in [4.69, 9.17) is 21.1 Å². The second-order valence-electron chi connectivity index (χ2n) is 5.18. The second kappa shape index (κ2) is 7.60. The average Bonchev–Trinajstić information content (AvgIpc) is 2.59. The number of benzene rings is 2. The van der Waals surface area contributed by atoms with Gasteiger partial charge in [-0.2, -0.15) is 5.26 Å². The monoisotopic (exact) mass is 377 g/mol. The molecule has 25 heavy (non-hydrogen) atoms. The van der Waals surface area contributed by atoms with Gasteiger partial charge in [0.25, 0.3) is 0 Å². The summed E-state index contributed by atoms with van der Waals surface area (Å²) in [6.45, 7) is 1.85. The molecule has 0 aliphatic heterocycles. The number of methoxy groups -OCH3 is 2. The predicted octanol–water partition coefficient (Wildman–Crippen LogP) is 4.00. The number of hydrogen-bond donors (Lipinski definition) is 0. The summed E-state index contributed by atoms with van der Waals surface area (Å²) in [5, 5.41) is 9.60. The van der Waals surface area contributed by atoms with Crippen LogP contribution in [0.5, 0.6) is 11.5 Å². The fourth-order valence-electron chi connectivity index (χ4n) is 2.19. The molecule has 2 aromatic carbocycles. The van der Waals surface area contributed by atoms with E-state index >= 15 is 0 Å². The molecule has 0 radical (unpaired) electrons. The topological polar surface area (TPSA) is 76.4 Å². The lowest BCUT2D eigenvalue weighted by molar-refractivity contribution is 0.355. The summed E-state index contributed by atoms with van der Waals surface area (Å²) in [5.41, 5.74) is 1.34. The van der Waals surface area contributed by atoms with Gasteiger partial charge in [0.1, 0.15) is 11.0 Å². The van der Waals surface area contributed by atoms with Crippen molar-refractivity contribution in [2.75, 3.05) is 14.2 Å². The minimum Gasteiger partial charge on any atom is -0.493 e. The molecule has 130 valence electrons. The molecule has 0 unspecified atom stereocenters. The molecule has 0 aliphatic rings. The normalized spacial score (nSPS) is 11.7. The van der Waals surface area contributed by atoms with Crippen LogP contribution in [0, 0.1) is 18.3 Å². The minimum atomic E-state index is -3.93. The SMILES string of the molecule is COc1cc(C=C(C#N)S(=O)(=O)c2ccc(C)cc2)cc(Cl)c1OC. The van der Waals surface area contributed by atoms with Crippen molar-refractivity contribution in [2.24, 2.45) is 0 Å². The highest BCUT2D eigenvalue weighted by Gasteiger charge is 2.21. The number of ether oxygens (including phenoxy) is 2. The van der Waals surface area contributed by atoms with E-state index in [-0.39, 0.29) is 14.8 Å². The van der Waals surface area contributed by atoms with E-state index in [1.165, 1.54) is 38.5 Å². The van der Waals surface area contributed by atoms with Crippen molar-refractivity contribution < 1.29 is 17.9 Å². The van der Waals surface area contributed by atoms with Crippen molar-refractivity contribution in [2.45, 2.75) is 11.8 Å². The fourth-order valence-corrected chi connectivity index (χ4v) is 3.64. The summed E-state index contributed by atoms with van der Waals surface area (Å²) in [4.78, 5) is -0.336. The van der Waals surface area contributed by atoms with Crippen LogP contribution < -0.4 is 9.47 Å². The molecule has 0 spiro atoms. The molecular formula is C18H16ClNO4S. The third-order valence-corrected chi connectivity index (χ3v) is 5.45. The summed E-state index contributed by atoms with van der Waals surface area (Å²) >= 11 is 6.12.